The van der Waals surface area contributed by atoms with Gasteiger partial charge in [0.2, 0.25) is 11.8 Å². The lowest BCUT2D eigenvalue weighted by Crippen LogP contribution is -2.37. The van der Waals surface area contributed by atoms with Crippen LogP contribution in [0.4, 0.5) is 17.1 Å². The second-order valence-electron chi connectivity index (χ2n) is 7.94. The number of nitrogens with one attached hydrogen (secondary N) is 3. The molecule has 3 rings (SSSR count). The average Bonchev–Trinajstić information content (AvgIpc) is 2.78. The van der Waals surface area contributed by atoms with Gasteiger partial charge in [0.25, 0.3) is 5.91 Å². The van der Waals surface area contributed by atoms with Crippen molar-refractivity contribution in [1.29, 1.82) is 0 Å². The zero-order valence-electron chi connectivity index (χ0n) is 18.1. The van der Waals surface area contributed by atoms with Crippen LogP contribution in [0.5, 0.6) is 0 Å². The van der Waals surface area contributed by atoms with Crippen molar-refractivity contribution in [2.75, 3.05) is 35.6 Å². The first-order chi connectivity index (χ1) is 14.9. The first kappa shape index (κ1) is 22.3. The molecule has 0 bridgehead atoms. The minimum absolute atomic E-state index is 0.0613. The van der Waals surface area contributed by atoms with Gasteiger partial charge in [0, 0.05) is 42.1 Å². The van der Waals surface area contributed by atoms with E-state index in [4.69, 9.17) is 0 Å². The van der Waals surface area contributed by atoms with Gasteiger partial charge in [-0.15, -0.1) is 0 Å². The average molecular weight is 423 g/mol. The predicted molar refractivity (Wildman–Crippen MR) is 123 cm³/mol. The fourth-order valence-electron chi connectivity index (χ4n) is 3.44. The number of hydrogen-bond acceptors (Lipinski definition) is 4. The summed E-state index contributed by atoms with van der Waals surface area (Å²) in [4.78, 5) is 38.3. The Kier molecular flexibility index (Phi) is 7.65. The Morgan fingerprint density at radius 1 is 0.903 bits per heavy atom. The Morgan fingerprint density at radius 2 is 1.52 bits per heavy atom. The first-order valence-corrected chi connectivity index (χ1v) is 10.8. The zero-order valence-corrected chi connectivity index (χ0v) is 18.1. The topological polar surface area (TPSA) is 90.5 Å². The van der Waals surface area contributed by atoms with Crippen molar-refractivity contribution in [2.24, 2.45) is 5.92 Å². The highest BCUT2D eigenvalue weighted by atomic mass is 16.2. The lowest BCUT2D eigenvalue weighted by atomic mass is 9.98. The van der Waals surface area contributed by atoms with Gasteiger partial charge in [-0.2, -0.15) is 0 Å². The number of amides is 3. The number of likely N-dealkylation sites (tertiary alicyclic amines) is 1. The Morgan fingerprint density at radius 3 is 2.13 bits per heavy atom. The van der Waals surface area contributed by atoms with Crippen LogP contribution in [-0.4, -0.2) is 42.3 Å². The van der Waals surface area contributed by atoms with E-state index in [1.54, 1.807) is 43.3 Å². The predicted octanol–water partition coefficient (Wildman–Crippen LogP) is 3.96. The van der Waals surface area contributed by atoms with Gasteiger partial charge >= 0.3 is 0 Å². The van der Waals surface area contributed by atoms with E-state index in [1.807, 2.05) is 17.0 Å². The number of rotatable bonds is 7. The van der Waals surface area contributed by atoms with E-state index in [2.05, 4.69) is 22.9 Å². The molecule has 3 N–H and O–H groups in total. The SMILES string of the molecule is CCC(=O)Nc1cccc(NC(=O)CNc2ccc(C(=O)N3CCC(C)CC3)cc2)c1. The minimum atomic E-state index is -0.207. The number of piperidine rings is 1. The van der Waals surface area contributed by atoms with Crippen molar-refractivity contribution in [3.8, 4) is 0 Å². The Balaban J connectivity index is 1.49. The Hall–Kier alpha value is -3.35. The summed E-state index contributed by atoms with van der Waals surface area (Å²) in [5.74, 6) is 0.453. The van der Waals surface area contributed by atoms with Gasteiger partial charge in [-0.05, 0) is 61.2 Å². The molecule has 2 aromatic rings. The van der Waals surface area contributed by atoms with Crippen molar-refractivity contribution in [3.63, 3.8) is 0 Å². The third-order valence-corrected chi connectivity index (χ3v) is 5.41. The summed E-state index contributed by atoms with van der Waals surface area (Å²) in [7, 11) is 0. The van der Waals surface area contributed by atoms with Crippen LogP contribution in [0.3, 0.4) is 0 Å². The van der Waals surface area contributed by atoms with Crippen LogP contribution >= 0.6 is 0 Å². The highest BCUT2D eigenvalue weighted by Crippen LogP contribution is 2.19. The van der Waals surface area contributed by atoms with Crippen molar-refractivity contribution >= 4 is 34.8 Å². The molecule has 7 heteroatoms. The second-order valence-corrected chi connectivity index (χ2v) is 7.94. The molecule has 1 saturated heterocycles. The van der Waals surface area contributed by atoms with Gasteiger partial charge in [0.15, 0.2) is 0 Å². The molecular formula is C24H30N4O3. The minimum Gasteiger partial charge on any atom is -0.376 e. The van der Waals surface area contributed by atoms with E-state index in [0.717, 1.165) is 31.6 Å². The molecule has 0 atom stereocenters. The van der Waals surface area contributed by atoms with Crippen LogP contribution in [-0.2, 0) is 9.59 Å². The number of anilines is 3. The molecule has 3 amide bonds. The number of carbonyl (C=O) groups excluding carboxylic acids is 3. The molecule has 31 heavy (non-hydrogen) atoms. The maximum Gasteiger partial charge on any atom is 0.253 e. The molecule has 0 unspecified atom stereocenters. The van der Waals surface area contributed by atoms with E-state index in [9.17, 15) is 14.4 Å². The molecule has 0 aliphatic carbocycles. The third-order valence-electron chi connectivity index (χ3n) is 5.41. The normalized spacial score (nSPS) is 14.1. The van der Waals surface area contributed by atoms with Gasteiger partial charge in [0.1, 0.15) is 0 Å². The van der Waals surface area contributed by atoms with Crippen LogP contribution < -0.4 is 16.0 Å². The molecule has 7 nitrogen and oxygen atoms in total. The molecule has 1 fully saturated rings. The third kappa shape index (κ3) is 6.57. The first-order valence-electron chi connectivity index (χ1n) is 10.8. The smallest absolute Gasteiger partial charge is 0.253 e. The standard InChI is InChI=1S/C24H30N4O3/c1-3-22(29)26-20-5-4-6-21(15-20)27-23(30)16-25-19-9-7-18(8-10-19)24(31)28-13-11-17(2)12-14-28/h4-10,15,17,25H,3,11-14,16H2,1-2H3,(H,26,29)(H,27,30). The van der Waals surface area contributed by atoms with E-state index < -0.39 is 0 Å². The molecular weight excluding hydrogens is 392 g/mol. The monoisotopic (exact) mass is 422 g/mol. The molecule has 0 aromatic heterocycles. The van der Waals surface area contributed by atoms with Crippen molar-refractivity contribution < 1.29 is 14.4 Å². The molecule has 1 aliphatic rings. The molecule has 0 spiro atoms. The molecule has 1 aliphatic heterocycles. The quantitative estimate of drug-likeness (QED) is 0.630. The van der Waals surface area contributed by atoms with E-state index in [0.29, 0.717) is 29.3 Å². The maximum absolute atomic E-state index is 12.6. The summed E-state index contributed by atoms with van der Waals surface area (Å²) < 4.78 is 0. The molecule has 2 aromatic carbocycles. The number of nitrogens with zero attached hydrogens (tertiary/aromatic N) is 1. The Labute approximate surface area is 183 Å². The lowest BCUT2D eigenvalue weighted by Gasteiger charge is -2.30. The van der Waals surface area contributed by atoms with Crippen molar-refractivity contribution in [3.05, 3.63) is 54.1 Å². The molecule has 0 radical (unpaired) electrons. The van der Waals surface area contributed by atoms with Crippen LogP contribution in [0.15, 0.2) is 48.5 Å². The van der Waals surface area contributed by atoms with Gasteiger partial charge in [0.05, 0.1) is 6.54 Å². The fraction of sp³-hybridized carbons (Fsp3) is 0.375. The van der Waals surface area contributed by atoms with Crippen LogP contribution in [0.1, 0.15) is 43.5 Å². The lowest BCUT2D eigenvalue weighted by molar-refractivity contribution is -0.116. The largest absolute Gasteiger partial charge is 0.376 e. The van der Waals surface area contributed by atoms with Gasteiger partial charge in [-0.3, -0.25) is 14.4 Å². The van der Waals surface area contributed by atoms with Crippen LogP contribution in [0.25, 0.3) is 0 Å². The molecule has 164 valence electrons. The van der Waals surface area contributed by atoms with Gasteiger partial charge < -0.3 is 20.9 Å². The van der Waals surface area contributed by atoms with E-state index in [-0.39, 0.29) is 24.3 Å². The number of hydrogen-bond donors (Lipinski definition) is 3. The summed E-state index contributed by atoms with van der Waals surface area (Å²) in [6.45, 7) is 5.71. The van der Waals surface area contributed by atoms with Crippen LogP contribution in [0, 0.1) is 5.92 Å². The second kappa shape index (κ2) is 10.6. The number of carbonyl (C=O) groups is 3. The van der Waals surface area contributed by atoms with Crippen molar-refractivity contribution in [1.82, 2.24) is 4.90 Å². The van der Waals surface area contributed by atoms with Gasteiger partial charge in [-0.1, -0.05) is 19.9 Å². The maximum atomic E-state index is 12.6. The van der Waals surface area contributed by atoms with Crippen molar-refractivity contribution in [2.45, 2.75) is 33.1 Å². The fourth-order valence-corrected chi connectivity index (χ4v) is 3.44. The zero-order chi connectivity index (χ0) is 22.2. The summed E-state index contributed by atoms with van der Waals surface area (Å²) in [6, 6.07) is 14.2. The Bertz CT molecular complexity index is 919. The van der Waals surface area contributed by atoms with Crippen LogP contribution in [0.2, 0.25) is 0 Å². The highest BCUT2D eigenvalue weighted by molar-refractivity contribution is 5.96. The molecule has 1 heterocycles. The summed E-state index contributed by atoms with van der Waals surface area (Å²) in [5, 5.41) is 8.64. The molecule has 0 saturated carbocycles. The van der Waals surface area contributed by atoms with E-state index in [1.165, 1.54) is 0 Å². The summed E-state index contributed by atoms with van der Waals surface area (Å²) in [6.07, 6.45) is 2.49. The highest BCUT2D eigenvalue weighted by Gasteiger charge is 2.21. The van der Waals surface area contributed by atoms with Gasteiger partial charge in [-0.25, -0.2) is 0 Å². The number of benzene rings is 2. The summed E-state index contributed by atoms with van der Waals surface area (Å²) in [5.41, 5.74) is 2.68. The summed E-state index contributed by atoms with van der Waals surface area (Å²) >= 11 is 0. The van der Waals surface area contributed by atoms with E-state index >= 15 is 0 Å².